The van der Waals surface area contributed by atoms with Crippen molar-refractivity contribution in [2.24, 2.45) is 5.73 Å². The van der Waals surface area contributed by atoms with Gasteiger partial charge >= 0.3 is 0 Å². The number of rotatable bonds is 3. The molecule has 1 unspecified atom stereocenters. The standard InChI is InChI=1S/C16H26N2O/c1-12(2)19-15-8-6-5-7-14(15)18-10-9-13(17)11-16(18,3)4/h5-8,12-13H,9-11,17H2,1-4H3. The monoisotopic (exact) mass is 262 g/mol. The van der Waals surface area contributed by atoms with Crippen molar-refractivity contribution in [1.29, 1.82) is 0 Å². The first-order valence-electron chi connectivity index (χ1n) is 7.19. The van der Waals surface area contributed by atoms with Crippen molar-refractivity contribution in [3.63, 3.8) is 0 Å². The summed E-state index contributed by atoms with van der Waals surface area (Å²) in [5.41, 5.74) is 7.38. The van der Waals surface area contributed by atoms with Crippen molar-refractivity contribution in [3.8, 4) is 5.75 Å². The van der Waals surface area contributed by atoms with E-state index in [4.69, 9.17) is 10.5 Å². The molecule has 1 saturated heterocycles. The molecule has 1 fully saturated rings. The van der Waals surface area contributed by atoms with Crippen molar-refractivity contribution < 1.29 is 4.74 Å². The lowest BCUT2D eigenvalue weighted by Gasteiger charge is -2.46. The molecule has 0 bridgehead atoms. The van der Waals surface area contributed by atoms with Gasteiger partial charge in [-0.3, -0.25) is 0 Å². The third-order valence-corrected chi connectivity index (χ3v) is 3.73. The van der Waals surface area contributed by atoms with E-state index in [9.17, 15) is 0 Å². The Bertz CT molecular complexity index is 429. The van der Waals surface area contributed by atoms with Crippen LogP contribution in [0.2, 0.25) is 0 Å². The molecule has 0 spiro atoms. The zero-order chi connectivity index (χ0) is 14.0. The molecule has 1 aromatic carbocycles. The van der Waals surface area contributed by atoms with Gasteiger partial charge in [-0.2, -0.15) is 0 Å². The normalized spacial score (nSPS) is 22.6. The largest absolute Gasteiger partial charge is 0.489 e. The van der Waals surface area contributed by atoms with Crippen LogP contribution in [0.3, 0.4) is 0 Å². The fourth-order valence-corrected chi connectivity index (χ4v) is 2.93. The summed E-state index contributed by atoms with van der Waals surface area (Å²) in [5, 5.41) is 0. The van der Waals surface area contributed by atoms with Crippen LogP contribution in [0.4, 0.5) is 5.69 Å². The van der Waals surface area contributed by atoms with E-state index in [-0.39, 0.29) is 11.6 Å². The Labute approximate surface area is 116 Å². The zero-order valence-electron chi connectivity index (χ0n) is 12.5. The van der Waals surface area contributed by atoms with E-state index in [0.29, 0.717) is 6.04 Å². The Morgan fingerprint density at radius 1 is 1.32 bits per heavy atom. The molecule has 0 radical (unpaired) electrons. The van der Waals surface area contributed by atoms with Crippen molar-refractivity contribution in [3.05, 3.63) is 24.3 Å². The lowest BCUT2D eigenvalue weighted by Crippen LogP contribution is -2.53. The SMILES string of the molecule is CC(C)Oc1ccccc1N1CCC(N)CC1(C)C. The molecular formula is C16H26N2O. The molecule has 19 heavy (non-hydrogen) atoms. The summed E-state index contributed by atoms with van der Waals surface area (Å²) in [7, 11) is 0. The lowest BCUT2D eigenvalue weighted by atomic mass is 9.87. The second-order valence-electron chi connectivity index (χ2n) is 6.35. The van der Waals surface area contributed by atoms with Gasteiger partial charge in [-0.15, -0.1) is 0 Å². The second kappa shape index (κ2) is 5.41. The highest BCUT2D eigenvalue weighted by molar-refractivity contribution is 5.60. The fourth-order valence-electron chi connectivity index (χ4n) is 2.93. The number of anilines is 1. The Balaban J connectivity index is 2.30. The number of nitrogens with zero attached hydrogens (tertiary/aromatic N) is 1. The molecule has 0 saturated carbocycles. The van der Waals surface area contributed by atoms with Gasteiger partial charge in [0.15, 0.2) is 0 Å². The van der Waals surface area contributed by atoms with E-state index < -0.39 is 0 Å². The van der Waals surface area contributed by atoms with Gasteiger partial charge in [-0.25, -0.2) is 0 Å². The third-order valence-electron chi connectivity index (χ3n) is 3.73. The number of benzene rings is 1. The predicted molar refractivity (Wildman–Crippen MR) is 80.8 cm³/mol. The number of ether oxygens (including phenoxy) is 1. The number of para-hydroxylation sites is 2. The Kier molecular flexibility index (Phi) is 4.04. The third kappa shape index (κ3) is 3.21. The van der Waals surface area contributed by atoms with Crippen LogP contribution in [0.15, 0.2) is 24.3 Å². The first-order chi connectivity index (χ1) is 8.90. The first kappa shape index (κ1) is 14.2. The van der Waals surface area contributed by atoms with Crippen molar-refractivity contribution in [1.82, 2.24) is 0 Å². The second-order valence-corrected chi connectivity index (χ2v) is 6.35. The lowest BCUT2D eigenvalue weighted by molar-refractivity contribution is 0.239. The van der Waals surface area contributed by atoms with Crippen molar-refractivity contribution >= 4 is 5.69 Å². The van der Waals surface area contributed by atoms with Crippen LogP contribution in [0, 0.1) is 0 Å². The van der Waals surface area contributed by atoms with Crippen LogP contribution in [0.5, 0.6) is 5.75 Å². The highest BCUT2D eigenvalue weighted by Crippen LogP contribution is 2.37. The van der Waals surface area contributed by atoms with Crippen molar-refractivity contribution in [2.75, 3.05) is 11.4 Å². The highest BCUT2D eigenvalue weighted by Gasteiger charge is 2.34. The first-order valence-corrected chi connectivity index (χ1v) is 7.19. The molecule has 1 heterocycles. The van der Waals surface area contributed by atoms with Gasteiger partial charge in [0.05, 0.1) is 11.8 Å². The summed E-state index contributed by atoms with van der Waals surface area (Å²) in [5.74, 6) is 0.973. The molecule has 0 aromatic heterocycles. The van der Waals surface area contributed by atoms with Gasteiger partial charge in [0.1, 0.15) is 5.75 Å². The van der Waals surface area contributed by atoms with Gasteiger partial charge in [0, 0.05) is 18.1 Å². The van der Waals surface area contributed by atoms with E-state index in [2.05, 4.69) is 50.8 Å². The maximum Gasteiger partial charge on any atom is 0.142 e. The van der Waals surface area contributed by atoms with Crippen LogP contribution in [-0.4, -0.2) is 24.2 Å². The maximum absolute atomic E-state index is 6.11. The molecule has 0 aliphatic carbocycles. The summed E-state index contributed by atoms with van der Waals surface area (Å²) in [4.78, 5) is 2.44. The minimum absolute atomic E-state index is 0.0775. The smallest absolute Gasteiger partial charge is 0.142 e. The maximum atomic E-state index is 6.11. The van der Waals surface area contributed by atoms with Crippen LogP contribution >= 0.6 is 0 Å². The summed E-state index contributed by atoms with van der Waals surface area (Å²) < 4.78 is 5.95. The molecule has 106 valence electrons. The highest BCUT2D eigenvalue weighted by atomic mass is 16.5. The fraction of sp³-hybridized carbons (Fsp3) is 0.625. The van der Waals surface area contributed by atoms with Gasteiger partial charge in [-0.1, -0.05) is 12.1 Å². The van der Waals surface area contributed by atoms with E-state index in [1.54, 1.807) is 0 Å². The Morgan fingerprint density at radius 2 is 2.00 bits per heavy atom. The molecule has 3 nitrogen and oxygen atoms in total. The zero-order valence-corrected chi connectivity index (χ0v) is 12.5. The summed E-state index contributed by atoms with van der Waals surface area (Å²) in [6, 6.07) is 8.62. The number of hydrogen-bond donors (Lipinski definition) is 1. The van der Waals surface area contributed by atoms with Crippen molar-refractivity contribution in [2.45, 2.75) is 58.2 Å². The Hall–Kier alpha value is -1.22. The molecule has 1 atom stereocenters. The Morgan fingerprint density at radius 3 is 2.63 bits per heavy atom. The molecule has 2 rings (SSSR count). The van der Waals surface area contributed by atoms with Gasteiger partial charge < -0.3 is 15.4 Å². The quantitative estimate of drug-likeness (QED) is 0.909. The van der Waals surface area contributed by atoms with E-state index in [0.717, 1.165) is 25.1 Å². The molecule has 0 amide bonds. The van der Waals surface area contributed by atoms with E-state index in [1.807, 2.05) is 6.07 Å². The van der Waals surface area contributed by atoms with Gasteiger partial charge in [0.2, 0.25) is 0 Å². The molecule has 2 N–H and O–H groups in total. The van der Waals surface area contributed by atoms with E-state index in [1.165, 1.54) is 5.69 Å². The topological polar surface area (TPSA) is 38.5 Å². The average molecular weight is 262 g/mol. The summed E-state index contributed by atoms with van der Waals surface area (Å²) >= 11 is 0. The predicted octanol–water partition coefficient (Wildman–Crippen LogP) is 3.18. The summed E-state index contributed by atoms with van der Waals surface area (Å²) in [6.07, 6.45) is 2.25. The minimum atomic E-state index is 0.0775. The molecule has 1 aliphatic rings. The number of hydrogen-bond acceptors (Lipinski definition) is 3. The number of nitrogens with two attached hydrogens (primary N) is 1. The van der Waals surface area contributed by atoms with E-state index >= 15 is 0 Å². The molecule has 1 aliphatic heterocycles. The van der Waals surface area contributed by atoms with Crippen LogP contribution in [-0.2, 0) is 0 Å². The van der Waals surface area contributed by atoms with Crippen LogP contribution in [0.1, 0.15) is 40.5 Å². The van der Waals surface area contributed by atoms with Crippen LogP contribution in [0.25, 0.3) is 0 Å². The molecular weight excluding hydrogens is 236 g/mol. The molecule has 3 heteroatoms. The number of piperidine rings is 1. The van der Waals surface area contributed by atoms with Crippen LogP contribution < -0.4 is 15.4 Å². The molecule has 1 aromatic rings. The minimum Gasteiger partial charge on any atom is -0.489 e. The average Bonchev–Trinajstić information content (AvgIpc) is 2.28. The summed E-state index contributed by atoms with van der Waals surface area (Å²) in [6.45, 7) is 9.64. The van der Waals surface area contributed by atoms with Gasteiger partial charge in [-0.05, 0) is 52.7 Å². The van der Waals surface area contributed by atoms with Gasteiger partial charge in [0.25, 0.3) is 0 Å².